The van der Waals surface area contributed by atoms with Gasteiger partial charge in [-0.15, -0.1) is 0 Å². The molecule has 2 nitrogen and oxygen atoms in total. The topological polar surface area (TPSA) is 18.5 Å². The fourth-order valence-electron chi connectivity index (χ4n) is 2.17. The fourth-order valence-corrected chi connectivity index (χ4v) is 2.17. The van der Waals surface area contributed by atoms with Crippen LogP contribution in [0.2, 0.25) is 0 Å². The maximum Gasteiger partial charge on any atom is 0.0930 e. The average Bonchev–Trinajstić information content (AvgIpc) is 2.43. The van der Waals surface area contributed by atoms with E-state index in [1.807, 2.05) is 0 Å². The molecule has 0 aliphatic rings. The van der Waals surface area contributed by atoms with E-state index in [2.05, 4.69) is 20.8 Å². The first-order chi connectivity index (χ1) is 9.35. The number of unbranched alkanes of at least 4 members (excludes halogenated alkanes) is 7. The molecule has 0 aromatic rings. The summed E-state index contributed by atoms with van der Waals surface area (Å²) < 4.78 is 0. The smallest absolute Gasteiger partial charge is 0.0930 e. The molecule has 0 aromatic heterocycles. The number of hydrogen-bond acceptors (Lipinski definition) is 2. The van der Waals surface area contributed by atoms with Gasteiger partial charge in [-0.1, -0.05) is 78.6 Å². The van der Waals surface area contributed by atoms with E-state index in [0.29, 0.717) is 6.10 Å². The van der Waals surface area contributed by atoms with Crippen LogP contribution >= 0.6 is 0 Å². The van der Waals surface area contributed by atoms with Crippen molar-refractivity contribution in [1.29, 1.82) is 0 Å². The quantitative estimate of drug-likeness (QED) is 0.205. The predicted octanol–water partition coefficient (Wildman–Crippen LogP) is 6.04. The van der Waals surface area contributed by atoms with E-state index in [-0.39, 0.29) is 0 Å². The minimum Gasteiger partial charge on any atom is -0.236 e. The van der Waals surface area contributed by atoms with Gasteiger partial charge in [0.15, 0.2) is 0 Å². The standard InChI is InChI=1S/C17H36O2/c1-4-7-10-11-12-13-15-17(14-8-5-2)19-18-16-9-6-3/h17H,4-16H2,1-3H3. The molecule has 2 heteroatoms. The molecular weight excluding hydrogens is 236 g/mol. The Bertz CT molecular complexity index is 159. The second-order valence-corrected chi connectivity index (χ2v) is 5.59. The van der Waals surface area contributed by atoms with Crippen LogP contribution in [0.15, 0.2) is 0 Å². The maximum absolute atomic E-state index is 5.57. The fraction of sp³-hybridized carbons (Fsp3) is 1.00. The highest BCUT2D eigenvalue weighted by atomic mass is 17.2. The van der Waals surface area contributed by atoms with Crippen LogP contribution < -0.4 is 0 Å². The summed E-state index contributed by atoms with van der Waals surface area (Å²) >= 11 is 0. The van der Waals surface area contributed by atoms with Crippen LogP contribution in [0.1, 0.15) is 97.8 Å². The van der Waals surface area contributed by atoms with Gasteiger partial charge in [-0.2, -0.15) is 0 Å². The summed E-state index contributed by atoms with van der Waals surface area (Å²) in [5.74, 6) is 0. The predicted molar refractivity (Wildman–Crippen MR) is 83.3 cm³/mol. The van der Waals surface area contributed by atoms with Crippen molar-refractivity contribution in [2.24, 2.45) is 0 Å². The van der Waals surface area contributed by atoms with Crippen molar-refractivity contribution in [3.8, 4) is 0 Å². The number of rotatable bonds is 15. The van der Waals surface area contributed by atoms with Gasteiger partial charge >= 0.3 is 0 Å². The van der Waals surface area contributed by atoms with Gasteiger partial charge < -0.3 is 0 Å². The first-order valence-corrected chi connectivity index (χ1v) is 8.63. The van der Waals surface area contributed by atoms with Crippen LogP contribution in [-0.2, 0) is 9.78 Å². The van der Waals surface area contributed by atoms with Gasteiger partial charge in [-0.3, -0.25) is 0 Å². The third-order valence-corrected chi connectivity index (χ3v) is 3.54. The molecule has 0 amide bonds. The van der Waals surface area contributed by atoms with Crippen molar-refractivity contribution in [2.75, 3.05) is 6.61 Å². The van der Waals surface area contributed by atoms with Crippen LogP contribution in [0.4, 0.5) is 0 Å². The van der Waals surface area contributed by atoms with Gasteiger partial charge in [0.25, 0.3) is 0 Å². The van der Waals surface area contributed by atoms with Crippen molar-refractivity contribution < 1.29 is 9.78 Å². The lowest BCUT2D eigenvalue weighted by atomic mass is 10.0. The molecule has 116 valence electrons. The first kappa shape index (κ1) is 18.9. The van der Waals surface area contributed by atoms with E-state index < -0.39 is 0 Å². The Morgan fingerprint density at radius 2 is 1.21 bits per heavy atom. The number of hydrogen-bond donors (Lipinski definition) is 0. The van der Waals surface area contributed by atoms with Crippen molar-refractivity contribution in [2.45, 2.75) is 104 Å². The second-order valence-electron chi connectivity index (χ2n) is 5.59. The van der Waals surface area contributed by atoms with E-state index in [1.54, 1.807) is 0 Å². The summed E-state index contributed by atoms with van der Waals surface area (Å²) in [4.78, 5) is 10.9. The Balaban J connectivity index is 3.55. The molecule has 0 radical (unpaired) electrons. The molecule has 0 heterocycles. The molecule has 0 bridgehead atoms. The molecule has 0 aliphatic heterocycles. The third-order valence-electron chi connectivity index (χ3n) is 3.54. The highest BCUT2D eigenvalue weighted by Crippen LogP contribution is 2.15. The summed E-state index contributed by atoms with van der Waals surface area (Å²) in [5.41, 5.74) is 0. The summed E-state index contributed by atoms with van der Waals surface area (Å²) in [6.45, 7) is 7.42. The first-order valence-electron chi connectivity index (χ1n) is 8.63. The molecule has 0 aromatic carbocycles. The molecule has 0 rings (SSSR count). The van der Waals surface area contributed by atoms with Crippen LogP contribution in [-0.4, -0.2) is 12.7 Å². The lowest BCUT2D eigenvalue weighted by molar-refractivity contribution is -0.326. The van der Waals surface area contributed by atoms with Gasteiger partial charge in [-0.25, -0.2) is 9.78 Å². The van der Waals surface area contributed by atoms with E-state index >= 15 is 0 Å². The molecular formula is C17H36O2. The van der Waals surface area contributed by atoms with Crippen molar-refractivity contribution in [1.82, 2.24) is 0 Å². The Morgan fingerprint density at radius 3 is 1.89 bits per heavy atom. The summed E-state index contributed by atoms with van der Waals surface area (Å²) in [7, 11) is 0. The molecule has 1 unspecified atom stereocenters. The third kappa shape index (κ3) is 14.1. The summed E-state index contributed by atoms with van der Waals surface area (Å²) in [6.07, 6.45) is 15.5. The zero-order chi connectivity index (χ0) is 14.2. The van der Waals surface area contributed by atoms with Crippen LogP contribution in [0.25, 0.3) is 0 Å². The zero-order valence-corrected chi connectivity index (χ0v) is 13.6. The second kappa shape index (κ2) is 16.0. The molecule has 0 saturated carbocycles. The normalized spacial score (nSPS) is 12.8. The monoisotopic (exact) mass is 272 g/mol. The SMILES string of the molecule is CCCCCCCCC(CCCC)OOCCCC. The van der Waals surface area contributed by atoms with Crippen LogP contribution in [0, 0.1) is 0 Å². The minimum atomic E-state index is 0.322. The molecule has 0 N–H and O–H groups in total. The molecule has 0 saturated heterocycles. The van der Waals surface area contributed by atoms with E-state index in [4.69, 9.17) is 9.78 Å². The lowest BCUT2D eigenvalue weighted by Crippen LogP contribution is -2.14. The maximum atomic E-state index is 5.57. The van der Waals surface area contributed by atoms with Crippen LogP contribution in [0.5, 0.6) is 0 Å². The van der Waals surface area contributed by atoms with E-state index in [1.165, 1.54) is 57.8 Å². The van der Waals surface area contributed by atoms with Gasteiger partial charge in [0.05, 0.1) is 12.7 Å². The Morgan fingerprint density at radius 1 is 0.632 bits per heavy atom. The molecule has 19 heavy (non-hydrogen) atoms. The highest BCUT2D eigenvalue weighted by molar-refractivity contribution is 4.57. The minimum absolute atomic E-state index is 0.322. The van der Waals surface area contributed by atoms with E-state index in [0.717, 1.165) is 25.9 Å². The van der Waals surface area contributed by atoms with E-state index in [9.17, 15) is 0 Å². The van der Waals surface area contributed by atoms with Crippen molar-refractivity contribution in [3.05, 3.63) is 0 Å². The average molecular weight is 272 g/mol. The summed E-state index contributed by atoms with van der Waals surface area (Å²) in [6, 6.07) is 0. The van der Waals surface area contributed by atoms with Crippen LogP contribution in [0.3, 0.4) is 0 Å². The Labute approximate surface area is 121 Å². The Kier molecular flexibility index (Phi) is 15.9. The molecule has 1 atom stereocenters. The lowest BCUT2D eigenvalue weighted by Gasteiger charge is -2.16. The Hall–Kier alpha value is -0.0800. The molecule has 0 fully saturated rings. The van der Waals surface area contributed by atoms with Gasteiger partial charge in [-0.05, 0) is 19.3 Å². The highest BCUT2D eigenvalue weighted by Gasteiger charge is 2.09. The largest absolute Gasteiger partial charge is 0.236 e. The van der Waals surface area contributed by atoms with Crippen molar-refractivity contribution in [3.63, 3.8) is 0 Å². The van der Waals surface area contributed by atoms with Gasteiger partial charge in [0, 0.05) is 0 Å². The zero-order valence-electron chi connectivity index (χ0n) is 13.6. The molecule has 0 aliphatic carbocycles. The van der Waals surface area contributed by atoms with Gasteiger partial charge in [0.2, 0.25) is 0 Å². The van der Waals surface area contributed by atoms with Gasteiger partial charge in [0.1, 0.15) is 0 Å². The van der Waals surface area contributed by atoms with Crippen molar-refractivity contribution >= 4 is 0 Å². The summed E-state index contributed by atoms with van der Waals surface area (Å²) in [5, 5.41) is 0. The molecule has 0 spiro atoms.